The Morgan fingerprint density at radius 3 is 2.78 bits per heavy atom. The van der Waals surface area contributed by atoms with Gasteiger partial charge in [0.15, 0.2) is 5.69 Å². The third-order valence-electron chi connectivity index (χ3n) is 4.25. The van der Waals surface area contributed by atoms with Crippen LogP contribution < -0.4 is 0 Å². The van der Waals surface area contributed by atoms with Gasteiger partial charge in [0.2, 0.25) is 0 Å². The highest BCUT2D eigenvalue weighted by atomic mass is 19.1. The maximum atomic E-state index is 13.0. The number of halogens is 1. The Bertz CT molecular complexity index is 667. The lowest BCUT2D eigenvalue weighted by Gasteiger charge is -2.35. The number of aromatic nitrogens is 2. The first-order valence-electron chi connectivity index (χ1n) is 7.92. The number of hydrogen-bond donors (Lipinski definition) is 1. The highest BCUT2D eigenvalue weighted by molar-refractivity contribution is 5.92. The summed E-state index contributed by atoms with van der Waals surface area (Å²) in [7, 11) is 0. The number of hydrogen-bond acceptors (Lipinski definition) is 3. The number of carbonyl (C=O) groups excluding carboxylic acids is 1. The summed E-state index contributed by atoms with van der Waals surface area (Å²) >= 11 is 0. The second kappa shape index (κ2) is 6.91. The first kappa shape index (κ1) is 15.7. The number of aliphatic hydroxyl groups excluding tert-OH is 1. The Kier molecular flexibility index (Phi) is 4.71. The molecule has 2 aromatic rings. The van der Waals surface area contributed by atoms with Gasteiger partial charge in [-0.05, 0) is 56.0 Å². The average Bonchev–Trinajstić information content (AvgIpc) is 3.06. The van der Waals surface area contributed by atoms with Crippen LogP contribution in [0.4, 0.5) is 4.39 Å². The molecule has 0 spiro atoms. The van der Waals surface area contributed by atoms with Crippen LogP contribution in [0.3, 0.4) is 0 Å². The standard InChI is InChI=1S/C17H20FN3O2/c18-13-4-6-15(7-5-13)21-11-8-16(19-21)17(23)20-10-2-1-3-14(20)9-12-22/h4-8,11,14,22H,1-3,9-10,12H2. The van der Waals surface area contributed by atoms with Crippen LogP contribution in [0.15, 0.2) is 36.5 Å². The monoisotopic (exact) mass is 317 g/mol. The molecule has 1 aromatic heterocycles. The molecular formula is C17H20FN3O2. The average molecular weight is 317 g/mol. The van der Waals surface area contributed by atoms with E-state index in [9.17, 15) is 14.3 Å². The van der Waals surface area contributed by atoms with Crippen molar-refractivity contribution in [1.82, 2.24) is 14.7 Å². The van der Waals surface area contributed by atoms with Crippen molar-refractivity contribution < 1.29 is 14.3 Å². The first-order chi connectivity index (χ1) is 11.2. The summed E-state index contributed by atoms with van der Waals surface area (Å²) in [6.07, 6.45) is 5.28. The van der Waals surface area contributed by atoms with E-state index in [0.717, 1.165) is 19.3 Å². The van der Waals surface area contributed by atoms with Gasteiger partial charge in [0.1, 0.15) is 5.82 Å². The second-order valence-corrected chi connectivity index (χ2v) is 5.78. The molecule has 1 aromatic carbocycles. The fraction of sp³-hybridized carbons (Fsp3) is 0.412. The molecule has 0 bridgehead atoms. The minimum Gasteiger partial charge on any atom is -0.396 e. The molecule has 3 rings (SSSR count). The normalized spacial score (nSPS) is 18.2. The zero-order valence-corrected chi connectivity index (χ0v) is 12.9. The number of benzene rings is 1. The van der Waals surface area contributed by atoms with Gasteiger partial charge in [-0.15, -0.1) is 0 Å². The van der Waals surface area contributed by atoms with Crippen LogP contribution in [0.1, 0.15) is 36.2 Å². The predicted molar refractivity (Wildman–Crippen MR) is 83.9 cm³/mol. The van der Waals surface area contributed by atoms with Crippen LogP contribution in [0.2, 0.25) is 0 Å². The summed E-state index contributed by atoms with van der Waals surface area (Å²) < 4.78 is 14.6. The van der Waals surface area contributed by atoms with Crippen molar-refractivity contribution >= 4 is 5.91 Å². The lowest BCUT2D eigenvalue weighted by molar-refractivity contribution is 0.0568. The van der Waals surface area contributed by atoms with E-state index < -0.39 is 0 Å². The largest absolute Gasteiger partial charge is 0.396 e. The summed E-state index contributed by atoms with van der Waals surface area (Å²) in [6.45, 7) is 0.783. The molecule has 6 heteroatoms. The van der Waals surface area contributed by atoms with Crippen molar-refractivity contribution in [3.8, 4) is 5.69 Å². The van der Waals surface area contributed by atoms with Gasteiger partial charge in [0.05, 0.1) is 5.69 Å². The van der Waals surface area contributed by atoms with Gasteiger partial charge in [-0.1, -0.05) is 0 Å². The molecule has 122 valence electrons. The molecule has 1 N–H and O–H groups in total. The Balaban J connectivity index is 1.78. The third kappa shape index (κ3) is 3.42. The number of aliphatic hydroxyl groups is 1. The molecule has 1 saturated heterocycles. The Labute approximate surface area is 134 Å². The van der Waals surface area contributed by atoms with Gasteiger partial charge in [-0.25, -0.2) is 9.07 Å². The number of piperidine rings is 1. The van der Waals surface area contributed by atoms with Crippen molar-refractivity contribution in [2.24, 2.45) is 0 Å². The molecule has 2 heterocycles. The molecule has 1 aliphatic rings. The van der Waals surface area contributed by atoms with Crippen LogP contribution in [0, 0.1) is 5.82 Å². The van der Waals surface area contributed by atoms with E-state index in [2.05, 4.69) is 5.10 Å². The van der Waals surface area contributed by atoms with Gasteiger partial charge in [-0.2, -0.15) is 5.10 Å². The summed E-state index contributed by atoms with van der Waals surface area (Å²) in [4.78, 5) is 14.5. The van der Waals surface area contributed by atoms with Crippen molar-refractivity contribution in [2.75, 3.05) is 13.2 Å². The van der Waals surface area contributed by atoms with Gasteiger partial charge >= 0.3 is 0 Å². The predicted octanol–water partition coefficient (Wildman–Crippen LogP) is 2.39. The molecule has 0 aliphatic carbocycles. The van der Waals surface area contributed by atoms with E-state index in [-0.39, 0.29) is 24.4 Å². The molecule has 0 radical (unpaired) electrons. The molecule has 5 nitrogen and oxygen atoms in total. The number of carbonyl (C=O) groups is 1. The van der Waals surface area contributed by atoms with E-state index in [1.165, 1.54) is 12.1 Å². The zero-order valence-electron chi connectivity index (χ0n) is 12.9. The molecule has 1 unspecified atom stereocenters. The third-order valence-corrected chi connectivity index (χ3v) is 4.25. The van der Waals surface area contributed by atoms with Gasteiger partial charge < -0.3 is 10.0 Å². The fourth-order valence-corrected chi connectivity index (χ4v) is 3.04. The number of likely N-dealkylation sites (tertiary alicyclic amines) is 1. The summed E-state index contributed by atoms with van der Waals surface area (Å²) in [5, 5.41) is 13.5. The molecule has 0 saturated carbocycles. The molecule has 1 aliphatic heterocycles. The second-order valence-electron chi connectivity index (χ2n) is 5.78. The lowest BCUT2D eigenvalue weighted by atomic mass is 9.99. The summed E-state index contributed by atoms with van der Waals surface area (Å²) in [5.74, 6) is -0.415. The van der Waals surface area contributed by atoms with Gasteiger partial charge in [-0.3, -0.25) is 4.79 Å². The first-order valence-corrected chi connectivity index (χ1v) is 7.92. The lowest BCUT2D eigenvalue weighted by Crippen LogP contribution is -2.44. The molecular weight excluding hydrogens is 297 g/mol. The SMILES string of the molecule is O=C(c1ccn(-c2ccc(F)cc2)n1)N1CCCCC1CCO. The molecule has 1 fully saturated rings. The van der Waals surface area contributed by atoms with Crippen LogP contribution in [-0.2, 0) is 0 Å². The van der Waals surface area contributed by atoms with E-state index in [1.807, 2.05) is 4.90 Å². The molecule has 1 atom stereocenters. The van der Waals surface area contributed by atoms with Gasteiger partial charge in [0.25, 0.3) is 5.91 Å². The quantitative estimate of drug-likeness (QED) is 0.942. The summed E-state index contributed by atoms with van der Waals surface area (Å²) in [5.41, 5.74) is 1.08. The van der Waals surface area contributed by atoms with Crippen LogP contribution in [0.25, 0.3) is 5.69 Å². The molecule has 23 heavy (non-hydrogen) atoms. The Hall–Kier alpha value is -2.21. The number of nitrogens with zero attached hydrogens (tertiary/aromatic N) is 3. The van der Waals surface area contributed by atoms with E-state index >= 15 is 0 Å². The minimum absolute atomic E-state index is 0.0808. The van der Waals surface area contributed by atoms with E-state index in [4.69, 9.17) is 0 Å². The smallest absolute Gasteiger partial charge is 0.274 e. The van der Waals surface area contributed by atoms with Crippen molar-refractivity contribution in [3.05, 3.63) is 48.0 Å². The Morgan fingerprint density at radius 2 is 2.04 bits per heavy atom. The Morgan fingerprint density at radius 1 is 1.26 bits per heavy atom. The van der Waals surface area contributed by atoms with Crippen molar-refractivity contribution in [2.45, 2.75) is 31.7 Å². The summed E-state index contributed by atoms with van der Waals surface area (Å²) in [6, 6.07) is 7.71. The highest BCUT2D eigenvalue weighted by Crippen LogP contribution is 2.21. The molecule has 1 amide bonds. The minimum atomic E-state index is -0.308. The number of amides is 1. The van der Waals surface area contributed by atoms with Gasteiger partial charge in [0, 0.05) is 25.4 Å². The zero-order chi connectivity index (χ0) is 16.2. The maximum absolute atomic E-state index is 13.0. The highest BCUT2D eigenvalue weighted by Gasteiger charge is 2.28. The van der Waals surface area contributed by atoms with Crippen LogP contribution in [-0.4, -0.2) is 44.9 Å². The fourth-order valence-electron chi connectivity index (χ4n) is 3.04. The van der Waals surface area contributed by atoms with Crippen molar-refractivity contribution in [3.63, 3.8) is 0 Å². The van der Waals surface area contributed by atoms with Crippen molar-refractivity contribution in [1.29, 1.82) is 0 Å². The number of rotatable bonds is 4. The maximum Gasteiger partial charge on any atom is 0.274 e. The van der Waals surface area contributed by atoms with Crippen LogP contribution in [0.5, 0.6) is 0 Å². The van der Waals surface area contributed by atoms with E-state index in [0.29, 0.717) is 24.3 Å². The van der Waals surface area contributed by atoms with E-state index in [1.54, 1.807) is 29.1 Å². The topological polar surface area (TPSA) is 58.4 Å². The van der Waals surface area contributed by atoms with Crippen LogP contribution >= 0.6 is 0 Å².